The van der Waals surface area contributed by atoms with E-state index in [0.29, 0.717) is 47.8 Å². The van der Waals surface area contributed by atoms with Gasteiger partial charge in [-0.2, -0.15) is 0 Å². The molecule has 0 heterocycles. The molecule has 57 heavy (non-hydrogen) atoms. The van der Waals surface area contributed by atoms with Crippen molar-refractivity contribution < 1.29 is 68.7 Å². The number of carbonyl (C=O) groups excluding carboxylic acids is 4. The molecule has 5 atom stereocenters. The molecule has 0 aromatic rings. The molecule has 0 aliphatic carbocycles. The zero-order chi connectivity index (χ0) is 45.3. The molecule has 0 rings (SSSR count). The van der Waals surface area contributed by atoms with Crippen LogP contribution in [0.3, 0.4) is 0 Å². The summed E-state index contributed by atoms with van der Waals surface area (Å²) in [5.74, 6) is -8.60. The second-order valence-electron chi connectivity index (χ2n) is 10.6. The highest BCUT2D eigenvalue weighted by Gasteiger charge is 2.37. The second-order valence-corrected chi connectivity index (χ2v) is 14.2. The average Bonchev–Trinajstić information content (AvgIpc) is 3.11. The first kappa shape index (κ1) is 58.7. The number of hydrogen-bond donors (Lipinski definition) is 11. The van der Waals surface area contributed by atoms with Crippen LogP contribution in [0.1, 0.15) is 40.5 Å². The molecule has 0 fully saturated rings. The summed E-state index contributed by atoms with van der Waals surface area (Å²) < 4.78 is 8.87. The molecule has 0 saturated heterocycles. The summed E-state index contributed by atoms with van der Waals surface area (Å²) in [4.78, 5) is 135. The van der Waals surface area contributed by atoms with Crippen molar-refractivity contribution in [2.45, 2.75) is 75.5 Å². The Morgan fingerprint density at radius 2 is 1.07 bits per heavy atom. The number of aliphatic carboxylic acids is 5. The van der Waals surface area contributed by atoms with Crippen LogP contribution in [-0.2, 0) is 43.2 Å². The van der Waals surface area contributed by atoms with Crippen LogP contribution in [0.25, 0.3) is 0 Å². The summed E-state index contributed by atoms with van der Waals surface area (Å²) in [7, 11) is 0. The van der Waals surface area contributed by atoms with E-state index >= 15 is 0 Å². The fraction of sp³-hybridized carbons (Fsp3) is 0.640. The van der Waals surface area contributed by atoms with Gasteiger partial charge in [0, 0.05) is 104 Å². The smallest absolute Gasteiger partial charge is 0.327 e. The van der Waals surface area contributed by atoms with Crippen molar-refractivity contribution >= 4 is 101 Å². The monoisotopic (exact) mass is 898 g/mol. The zero-order valence-corrected chi connectivity index (χ0v) is 33.5. The minimum absolute atomic E-state index is 0.0266. The molecule has 0 bridgehead atoms. The van der Waals surface area contributed by atoms with Gasteiger partial charge in [0.05, 0.1) is 4.75 Å². The number of nitrogens with two attached hydrogens (primary N) is 2. The molecular formula is C25H42N10O18S4. The quantitative estimate of drug-likeness (QED) is 0.0381. The van der Waals surface area contributed by atoms with Crippen molar-refractivity contribution in [1.82, 2.24) is 21.3 Å². The van der Waals surface area contributed by atoms with Gasteiger partial charge in [-0.3, -0.25) is 33.6 Å². The summed E-state index contributed by atoms with van der Waals surface area (Å²) in [6.07, 6.45) is -0.376. The summed E-state index contributed by atoms with van der Waals surface area (Å²) >= 11 is 2.23. The molecule has 0 spiro atoms. The van der Waals surface area contributed by atoms with Crippen LogP contribution in [0.2, 0.25) is 0 Å². The van der Waals surface area contributed by atoms with E-state index in [0.717, 1.165) is 0 Å². The van der Waals surface area contributed by atoms with Crippen molar-refractivity contribution in [2.75, 3.05) is 23.8 Å². The summed E-state index contributed by atoms with van der Waals surface area (Å²) in [6, 6.07) is -5.56. The Morgan fingerprint density at radius 3 is 1.44 bits per heavy atom. The SMILES string of the molecule is CC(=O)NC(C(=O)O)C(C)(C)SN=O.CC(=O)NC(CSN=O)C(=O)O.NC(CCC(=O)NC(CSN=O)C(=O)NCC(=O)O)C(=O)O.NC(CSN=O)C(=O)O. The van der Waals surface area contributed by atoms with Gasteiger partial charge in [0.25, 0.3) is 0 Å². The maximum atomic E-state index is 11.7. The average molecular weight is 899 g/mol. The lowest BCUT2D eigenvalue weighted by molar-refractivity contribution is -0.142. The van der Waals surface area contributed by atoms with E-state index in [1.165, 1.54) is 27.7 Å². The highest BCUT2D eigenvalue weighted by molar-refractivity contribution is 7.99. The second kappa shape index (κ2) is 34.2. The van der Waals surface area contributed by atoms with Gasteiger partial charge < -0.3 is 58.3 Å². The number of carboxylic acids is 5. The van der Waals surface area contributed by atoms with Gasteiger partial charge in [-0.05, 0) is 20.3 Å². The lowest BCUT2D eigenvalue weighted by Crippen LogP contribution is -2.51. The number of nitrogens with zero attached hydrogens (tertiary/aromatic N) is 4. The maximum Gasteiger partial charge on any atom is 0.327 e. The summed E-state index contributed by atoms with van der Waals surface area (Å²) in [5, 5.41) is 51.2. The minimum atomic E-state index is -1.27. The molecule has 0 radical (unpaired) electrons. The molecule has 0 aromatic heterocycles. The third-order valence-corrected chi connectivity index (χ3v) is 8.08. The first-order valence-electron chi connectivity index (χ1n) is 14.9. The van der Waals surface area contributed by atoms with Crippen LogP contribution in [-0.4, -0.2) is 138 Å². The normalized spacial score (nSPS) is 12.6. The Hall–Kier alpha value is -5.05. The standard InChI is InChI=1S/C10H16N4O7S.C7H12N2O4S.C5H8N2O4S.C3H6N2O3S/c11-5(10(19)20)1-2-7(15)13-6(4-22-14-21)9(18)12-3-8(16)17;1-4(10)8-5(6(11)12)7(2,3)14-9-13;1-3(8)6-4(5(9)10)2-12-7-11;4-2(3(6)7)1-9-5-8/h5-6H,1-4,11H2,(H,12,18)(H,13,15)(H,16,17)(H,19,20);5H,1-3H3,(H,8,10)(H,11,12);4H,2H2,1H3,(H,6,8)(H,9,10);2H,1,4H2,(H,6,7). The zero-order valence-electron chi connectivity index (χ0n) is 30.2. The Bertz CT molecular complexity index is 1400. The number of rotatable bonds is 25. The van der Waals surface area contributed by atoms with Gasteiger partial charge in [-0.25, -0.2) is 9.59 Å². The highest BCUT2D eigenvalue weighted by Crippen LogP contribution is 2.29. The Labute approximate surface area is 339 Å². The lowest BCUT2D eigenvalue weighted by atomic mass is 10.0. The topological polar surface area (TPSA) is 473 Å². The maximum absolute atomic E-state index is 11.7. The first-order valence-corrected chi connectivity index (χ1v) is 18.5. The van der Waals surface area contributed by atoms with Crippen LogP contribution in [0.15, 0.2) is 18.3 Å². The van der Waals surface area contributed by atoms with Crippen molar-refractivity contribution in [1.29, 1.82) is 0 Å². The van der Waals surface area contributed by atoms with Crippen LogP contribution >= 0.6 is 47.8 Å². The first-order chi connectivity index (χ1) is 26.3. The number of carboxylic acid groups (broad SMARTS) is 5. The van der Waals surface area contributed by atoms with Gasteiger partial charge in [-0.1, -0.05) is 0 Å². The minimum Gasteiger partial charge on any atom is -0.480 e. The fourth-order valence-electron chi connectivity index (χ4n) is 2.84. The molecule has 13 N–H and O–H groups in total. The molecule has 0 aliphatic heterocycles. The molecule has 0 saturated carbocycles. The largest absolute Gasteiger partial charge is 0.480 e. The molecule has 0 aliphatic rings. The molecule has 4 amide bonds. The molecule has 0 aromatic carbocycles. The van der Waals surface area contributed by atoms with Gasteiger partial charge in [0.15, 0.2) is 0 Å². The Kier molecular flexibility index (Phi) is 35.2. The molecular weight excluding hydrogens is 857 g/mol. The van der Waals surface area contributed by atoms with Crippen LogP contribution in [0, 0.1) is 19.6 Å². The van der Waals surface area contributed by atoms with Crippen LogP contribution < -0.4 is 32.7 Å². The predicted molar refractivity (Wildman–Crippen MR) is 206 cm³/mol. The Morgan fingerprint density at radius 1 is 0.614 bits per heavy atom. The van der Waals surface area contributed by atoms with Crippen molar-refractivity contribution in [3.63, 3.8) is 0 Å². The molecule has 324 valence electrons. The lowest BCUT2D eigenvalue weighted by Gasteiger charge is -2.27. The summed E-state index contributed by atoms with van der Waals surface area (Å²) in [6.45, 7) is 4.82. The van der Waals surface area contributed by atoms with Gasteiger partial charge in [0.2, 0.25) is 23.6 Å². The van der Waals surface area contributed by atoms with Crippen LogP contribution in [0.5, 0.6) is 0 Å². The highest BCUT2D eigenvalue weighted by atomic mass is 32.2. The fourth-order valence-corrected chi connectivity index (χ4v) is 4.54. The molecule has 28 nitrogen and oxygen atoms in total. The van der Waals surface area contributed by atoms with E-state index in [1.54, 1.807) is 0 Å². The van der Waals surface area contributed by atoms with Crippen molar-refractivity contribution in [3.05, 3.63) is 19.6 Å². The van der Waals surface area contributed by atoms with Crippen LogP contribution in [0.4, 0.5) is 0 Å². The van der Waals surface area contributed by atoms with Crippen molar-refractivity contribution in [3.8, 4) is 0 Å². The third kappa shape index (κ3) is 35.1. The predicted octanol–water partition coefficient (Wildman–Crippen LogP) is -1.15. The van der Waals surface area contributed by atoms with E-state index in [9.17, 15) is 62.8 Å². The number of hydrogen-bond acceptors (Lipinski definition) is 23. The molecule has 32 heteroatoms. The van der Waals surface area contributed by atoms with Gasteiger partial charge >= 0.3 is 29.8 Å². The van der Waals surface area contributed by atoms with E-state index in [2.05, 4.69) is 39.6 Å². The number of carbonyl (C=O) groups is 9. The number of nitrogens with one attached hydrogen (secondary N) is 4. The van der Waals surface area contributed by atoms with Gasteiger partial charge in [-0.15, -0.1) is 19.6 Å². The van der Waals surface area contributed by atoms with Crippen molar-refractivity contribution in [2.24, 2.45) is 29.8 Å². The summed E-state index contributed by atoms with van der Waals surface area (Å²) in [5.41, 5.74) is 10.2. The number of amides is 4. The number of nitroso groups, excluding NO2 is 4. The Balaban J connectivity index is -0.000000348. The third-order valence-electron chi connectivity index (χ3n) is 5.51. The van der Waals surface area contributed by atoms with E-state index in [-0.39, 0.29) is 30.1 Å². The molecule has 5 unspecified atom stereocenters. The van der Waals surface area contributed by atoms with E-state index in [4.69, 9.17) is 37.0 Å². The van der Waals surface area contributed by atoms with E-state index in [1.807, 2.05) is 0 Å². The van der Waals surface area contributed by atoms with E-state index < -0.39 is 95.0 Å². The van der Waals surface area contributed by atoms with Gasteiger partial charge in [0.1, 0.15) is 36.8 Å².